The minimum Gasteiger partial charge on any atom is -0.465 e. The maximum Gasteiger partial charge on any atom is 0.341 e. The smallest absolute Gasteiger partial charge is 0.341 e. The van der Waals surface area contributed by atoms with Gasteiger partial charge in [0.1, 0.15) is 5.00 Å². The second-order valence-corrected chi connectivity index (χ2v) is 12.6. The van der Waals surface area contributed by atoms with E-state index in [0.29, 0.717) is 33.6 Å². The number of fused-ring (bicyclic) bond motifs is 1. The minimum absolute atomic E-state index is 0.00804. The first-order chi connectivity index (χ1) is 19.2. The molecule has 2 unspecified atom stereocenters. The van der Waals surface area contributed by atoms with Gasteiger partial charge < -0.3 is 20.7 Å². The molecule has 4 rings (SSSR count). The molecule has 3 aromatic rings. The van der Waals surface area contributed by atoms with Gasteiger partial charge in [0.15, 0.2) is 10.9 Å². The number of thiocarbonyl (C=S) groups is 1. The molecule has 2 aromatic carbocycles. The summed E-state index contributed by atoms with van der Waals surface area (Å²) in [6.07, 6.45) is 3.36. The van der Waals surface area contributed by atoms with Crippen LogP contribution in [-0.4, -0.2) is 35.1 Å². The van der Waals surface area contributed by atoms with Crippen molar-refractivity contribution in [3.63, 3.8) is 0 Å². The Morgan fingerprint density at radius 1 is 1.10 bits per heavy atom. The average Bonchev–Trinajstić information content (AvgIpc) is 3.28. The third-order valence-corrected chi connectivity index (χ3v) is 9.45. The van der Waals surface area contributed by atoms with E-state index in [0.717, 1.165) is 46.0 Å². The number of thiophene rings is 1. The Bertz CT molecular complexity index is 1420. The van der Waals surface area contributed by atoms with Crippen LogP contribution in [0.3, 0.4) is 0 Å². The van der Waals surface area contributed by atoms with Crippen molar-refractivity contribution in [3.8, 4) is 0 Å². The fraction of sp³-hybridized carbons (Fsp3) is 0.333. The highest BCUT2D eigenvalue weighted by Crippen LogP contribution is 2.40. The Morgan fingerprint density at radius 3 is 2.50 bits per heavy atom. The lowest BCUT2D eigenvalue weighted by Crippen LogP contribution is -2.25. The molecule has 3 N–H and O–H groups in total. The number of anilines is 3. The number of esters is 1. The number of carbonyl (C=O) groups is 3. The van der Waals surface area contributed by atoms with Crippen molar-refractivity contribution < 1.29 is 19.1 Å². The molecule has 0 aliphatic heterocycles. The third-order valence-electron chi connectivity index (χ3n) is 6.72. The predicted molar refractivity (Wildman–Crippen MR) is 168 cm³/mol. The van der Waals surface area contributed by atoms with Gasteiger partial charge in [0.2, 0.25) is 5.91 Å². The van der Waals surface area contributed by atoms with Crippen molar-refractivity contribution in [2.45, 2.75) is 56.6 Å². The second kappa shape index (κ2) is 13.4. The van der Waals surface area contributed by atoms with Crippen LogP contribution in [-0.2, 0) is 22.4 Å². The van der Waals surface area contributed by atoms with Gasteiger partial charge in [0, 0.05) is 26.7 Å². The number of benzene rings is 2. The fourth-order valence-electron chi connectivity index (χ4n) is 4.56. The van der Waals surface area contributed by atoms with E-state index in [1.165, 1.54) is 37.1 Å². The van der Waals surface area contributed by atoms with Gasteiger partial charge in [0.25, 0.3) is 0 Å². The Balaban J connectivity index is 1.42. The number of nitrogens with one attached hydrogen (secondary N) is 3. The summed E-state index contributed by atoms with van der Waals surface area (Å²) < 4.78 is 5.06. The summed E-state index contributed by atoms with van der Waals surface area (Å²) in [5.41, 5.74) is 3.71. The molecular formula is C30H33N3O4S3. The zero-order chi connectivity index (χ0) is 28.8. The van der Waals surface area contributed by atoms with Gasteiger partial charge in [-0.2, -0.15) is 0 Å². The zero-order valence-electron chi connectivity index (χ0n) is 23.0. The molecule has 7 nitrogen and oxygen atoms in total. The quantitative estimate of drug-likeness (QED) is 0.104. The number of hydrogen-bond acceptors (Lipinski definition) is 7. The van der Waals surface area contributed by atoms with Gasteiger partial charge in [-0.05, 0) is 98.8 Å². The van der Waals surface area contributed by atoms with E-state index in [1.807, 2.05) is 31.2 Å². The van der Waals surface area contributed by atoms with Crippen molar-refractivity contribution in [1.29, 1.82) is 0 Å². The number of thioether (sulfide) groups is 1. The average molecular weight is 596 g/mol. The molecule has 10 heteroatoms. The minimum atomic E-state index is -0.402. The summed E-state index contributed by atoms with van der Waals surface area (Å²) in [5, 5.41) is 9.97. The highest BCUT2D eigenvalue weighted by Gasteiger charge is 2.30. The van der Waals surface area contributed by atoms with E-state index in [-0.39, 0.29) is 16.9 Å². The number of amides is 1. The standard InChI is InChI=1S/C30H33N3O4S3/c1-5-24(27(35)33-28-26(29(36)37-4)23-14-9-17(2)15-25(23)40-28)39-22-8-6-7-21(16-22)32-30(38)31-20-12-10-19(11-13-20)18(3)34/h6-8,10-13,16-17,24H,5,9,14-15H2,1-4H3,(H,33,35)(H2,31,32,38). The zero-order valence-corrected chi connectivity index (χ0v) is 25.4. The van der Waals surface area contributed by atoms with Crippen molar-refractivity contribution in [2.24, 2.45) is 5.92 Å². The second-order valence-electron chi connectivity index (χ2n) is 9.79. The van der Waals surface area contributed by atoms with Gasteiger partial charge >= 0.3 is 5.97 Å². The van der Waals surface area contributed by atoms with Crippen LogP contribution in [0.5, 0.6) is 0 Å². The molecule has 1 aliphatic rings. The van der Waals surface area contributed by atoms with E-state index < -0.39 is 5.97 Å². The molecule has 0 bridgehead atoms. The molecule has 0 spiro atoms. The lowest BCUT2D eigenvalue weighted by molar-refractivity contribution is -0.115. The van der Waals surface area contributed by atoms with Gasteiger partial charge in [-0.3, -0.25) is 9.59 Å². The number of ether oxygens (including phenoxy) is 1. The van der Waals surface area contributed by atoms with Gasteiger partial charge in [-0.1, -0.05) is 19.9 Å². The van der Waals surface area contributed by atoms with Crippen LogP contribution in [0.2, 0.25) is 0 Å². The monoisotopic (exact) mass is 595 g/mol. The maximum atomic E-state index is 13.4. The van der Waals surface area contributed by atoms with Crippen molar-refractivity contribution in [3.05, 3.63) is 70.1 Å². The van der Waals surface area contributed by atoms with E-state index in [2.05, 4.69) is 22.9 Å². The molecule has 1 amide bonds. The van der Waals surface area contributed by atoms with E-state index in [9.17, 15) is 14.4 Å². The van der Waals surface area contributed by atoms with E-state index >= 15 is 0 Å². The fourth-order valence-corrected chi connectivity index (χ4v) is 7.22. The Labute approximate surface area is 248 Å². The van der Waals surface area contributed by atoms with Crippen LogP contribution >= 0.6 is 35.3 Å². The van der Waals surface area contributed by atoms with Crippen LogP contribution in [0.15, 0.2) is 53.4 Å². The van der Waals surface area contributed by atoms with Gasteiger partial charge in [0.05, 0.1) is 17.9 Å². The van der Waals surface area contributed by atoms with Crippen LogP contribution < -0.4 is 16.0 Å². The van der Waals surface area contributed by atoms with Gasteiger partial charge in [-0.15, -0.1) is 23.1 Å². The van der Waals surface area contributed by atoms with Crippen molar-refractivity contribution in [1.82, 2.24) is 0 Å². The molecular weight excluding hydrogens is 563 g/mol. The molecule has 0 fully saturated rings. The van der Waals surface area contributed by atoms with Crippen molar-refractivity contribution >= 4 is 74.5 Å². The number of methoxy groups -OCH3 is 1. The first-order valence-electron chi connectivity index (χ1n) is 13.2. The summed E-state index contributed by atoms with van der Waals surface area (Å²) in [6, 6.07) is 14.8. The molecule has 0 saturated heterocycles. The third kappa shape index (κ3) is 7.30. The van der Waals surface area contributed by atoms with E-state index in [1.54, 1.807) is 24.3 Å². The Kier molecular flexibility index (Phi) is 9.99. The maximum absolute atomic E-state index is 13.4. The molecule has 2 atom stereocenters. The predicted octanol–water partition coefficient (Wildman–Crippen LogP) is 7.18. The van der Waals surface area contributed by atoms with Crippen LogP contribution in [0.25, 0.3) is 0 Å². The van der Waals surface area contributed by atoms with Crippen LogP contribution in [0, 0.1) is 5.92 Å². The molecule has 210 valence electrons. The number of ketones is 1. The molecule has 0 radical (unpaired) electrons. The normalized spacial score (nSPS) is 14.9. The highest BCUT2D eigenvalue weighted by atomic mass is 32.2. The molecule has 0 saturated carbocycles. The number of rotatable bonds is 9. The largest absolute Gasteiger partial charge is 0.465 e. The SMILES string of the molecule is CCC(Sc1cccc(NC(=S)Nc2ccc(C(C)=O)cc2)c1)C(=O)Nc1sc2c(c1C(=O)OC)CCC(C)C2. The molecule has 1 aromatic heterocycles. The summed E-state index contributed by atoms with van der Waals surface area (Å²) in [5.74, 6) is 0.0131. The molecule has 40 heavy (non-hydrogen) atoms. The first kappa shape index (κ1) is 29.8. The number of hydrogen-bond donors (Lipinski definition) is 3. The summed E-state index contributed by atoms with van der Waals surface area (Å²) in [7, 11) is 1.38. The number of Topliss-reactive ketones (excluding diaryl/α,β-unsaturated/α-hetero) is 1. The summed E-state index contributed by atoms with van der Waals surface area (Å²) >= 11 is 8.42. The topological polar surface area (TPSA) is 96.5 Å². The lowest BCUT2D eigenvalue weighted by Gasteiger charge is -2.18. The van der Waals surface area contributed by atoms with Crippen molar-refractivity contribution in [2.75, 3.05) is 23.1 Å². The number of carbonyl (C=O) groups excluding carboxylic acids is 3. The van der Waals surface area contributed by atoms with Crippen LogP contribution in [0.1, 0.15) is 64.8 Å². The summed E-state index contributed by atoms with van der Waals surface area (Å²) in [6.45, 7) is 5.71. The summed E-state index contributed by atoms with van der Waals surface area (Å²) in [4.78, 5) is 39.6. The Morgan fingerprint density at radius 2 is 1.82 bits per heavy atom. The Hall–Kier alpha value is -3.21. The first-order valence-corrected chi connectivity index (χ1v) is 15.3. The van der Waals surface area contributed by atoms with E-state index in [4.69, 9.17) is 17.0 Å². The molecule has 1 aliphatic carbocycles. The highest BCUT2D eigenvalue weighted by molar-refractivity contribution is 8.00. The molecule has 1 heterocycles. The lowest BCUT2D eigenvalue weighted by atomic mass is 9.88. The van der Waals surface area contributed by atoms with Crippen LogP contribution in [0.4, 0.5) is 16.4 Å². The van der Waals surface area contributed by atoms with Gasteiger partial charge in [-0.25, -0.2) is 4.79 Å².